The third kappa shape index (κ3) is 6.21. The first-order chi connectivity index (χ1) is 13.3. The standard InChI is InChI=1S/C20H23N5OS/c1-2-3-4-5-6-15-26-18-9-7-17(8-10-18)22-24-20-25-23-19(27-20)16-11-13-21-14-12-16/h7-14H,2-6,15H2,1H3. The molecule has 0 radical (unpaired) electrons. The van der Waals surface area contributed by atoms with Crippen molar-refractivity contribution in [3.8, 4) is 16.3 Å². The first kappa shape index (κ1) is 19.1. The summed E-state index contributed by atoms with van der Waals surface area (Å²) in [7, 11) is 0. The predicted octanol–water partition coefficient (Wildman–Crippen LogP) is 6.36. The van der Waals surface area contributed by atoms with Crippen molar-refractivity contribution in [3.05, 3.63) is 48.8 Å². The maximum Gasteiger partial charge on any atom is 0.252 e. The van der Waals surface area contributed by atoms with Gasteiger partial charge in [0.05, 0.1) is 12.3 Å². The van der Waals surface area contributed by atoms with Crippen molar-refractivity contribution in [2.75, 3.05) is 6.61 Å². The van der Waals surface area contributed by atoms with Crippen molar-refractivity contribution >= 4 is 22.2 Å². The summed E-state index contributed by atoms with van der Waals surface area (Å²) in [6.07, 6.45) is 9.63. The molecule has 0 atom stereocenters. The number of nitrogens with zero attached hydrogens (tertiary/aromatic N) is 5. The van der Waals surface area contributed by atoms with E-state index in [0.717, 1.165) is 35.0 Å². The maximum atomic E-state index is 5.76. The molecule has 3 rings (SSSR count). The van der Waals surface area contributed by atoms with Crippen molar-refractivity contribution in [2.45, 2.75) is 39.0 Å². The van der Waals surface area contributed by atoms with Crippen molar-refractivity contribution in [3.63, 3.8) is 0 Å². The largest absolute Gasteiger partial charge is 0.494 e. The van der Waals surface area contributed by atoms with Gasteiger partial charge in [-0.05, 0) is 42.8 Å². The normalized spacial score (nSPS) is 11.1. The molecule has 0 saturated carbocycles. The SMILES string of the molecule is CCCCCCCOc1ccc(N=Nc2nnc(-c3ccncc3)s2)cc1. The lowest BCUT2D eigenvalue weighted by Crippen LogP contribution is -1.96. The Kier molecular flexibility index (Phi) is 7.41. The summed E-state index contributed by atoms with van der Waals surface area (Å²) in [4.78, 5) is 4.00. The summed E-state index contributed by atoms with van der Waals surface area (Å²) in [5, 5.41) is 17.9. The molecule has 2 heterocycles. The first-order valence-electron chi connectivity index (χ1n) is 9.23. The van der Waals surface area contributed by atoms with E-state index in [4.69, 9.17) is 4.74 Å². The average molecular weight is 382 g/mol. The molecule has 7 heteroatoms. The van der Waals surface area contributed by atoms with Gasteiger partial charge in [-0.1, -0.05) is 43.9 Å². The Morgan fingerprint density at radius 3 is 2.44 bits per heavy atom. The highest BCUT2D eigenvalue weighted by Gasteiger charge is 2.05. The number of hydrogen-bond donors (Lipinski definition) is 0. The van der Waals surface area contributed by atoms with Gasteiger partial charge in [0.25, 0.3) is 5.13 Å². The second kappa shape index (κ2) is 10.5. The van der Waals surface area contributed by atoms with Gasteiger partial charge in [0.15, 0.2) is 0 Å². The average Bonchev–Trinajstić information content (AvgIpc) is 3.20. The second-order valence-corrected chi connectivity index (χ2v) is 7.04. The van der Waals surface area contributed by atoms with E-state index in [9.17, 15) is 0 Å². The predicted molar refractivity (Wildman–Crippen MR) is 108 cm³/mol. The molecule has 0 aliphatic rings. The van der Waals surface area contributed by atoms with E-state index < -0.39 is 0 Å². The molecule has 0 bridgehead atoms. The van der Waals surface area contributed by atoms with Crippen molar-refractivity contribution < 1.29 is 4.74 Å². The minimum Gasteiger partial charge on any atom is -0.494 e. The first-order valence-corrected chi connectivity index (χ1v) is 10.1. The zero-order valence-electron chi connectivity index (χ0n) is 15.4. The molecule has 140 valence electrons. The van der Waals surface area contributed by atoms with Crippen LogP contribution in [0, 0.1) is 0 Å². The summed E-state index contributed by atoms with van der Waals surface area (Å²) in [6.45, 7) is 2.98. The summed E-state index contributed by atoms with van der Waals surface area (Å²) >= 11 is 1.39. The summed E-state index contributed by atoms with van der Waals surface area (Å²) < 4.78 is 5.76. The number of hydrogen-bond acceptors (Lipinski definition) is 7. The lowest BCUT2D eigenvalue weighted by atomic mass is 10.2. The molecule has 0 fully saturated rings. The van der Waals surface area contributed by atoms with Crippen molar-refractivity contribution in [1.82, 2.24) is 15.2 Å². The Hall–Kier alpha value is -2.67. The van der Waals surface area contributed by atoms with Gasteiger partial charge in [-0.15, -0.1) is 20.4 Å². The van der Waals surface area contributed by atoms with Crippen LogP contribution in [-0.4, -0.2) is 21.8 Å². The molecule has 2 aromatic heterocycles. The van der Waals surface area contributed by atoms with Crippen LogP contribution in [0.25, 0.3) is 10.6 Å². The zero-order valence-corrected chi connectivity index (χ0v) is 16.2. The van der Waals surface area contributed by atoms with Gasteiger partial charge in [0.2, 0.25) is 0 Å². The number of pyridine rings is 1. The molecule has 0 amide bonds. The molecule has 0 spiro atoms. The lowest BCUT2D eigenvalue weighted by molar-refractivity contribution is 0.304. The highest BCUT2D eigenvalue weighted by molar-refractivity contribution is 7.18. The third-order valence-electron chi connectivity index (χ3n) is 3.95. The smallest absolute Gasteiger partial charge is 0.252 e. The van der Waals surface area contributed by atoms with E-state index in [2.05, 4.69) is 32.3 Å². The minimum absolute atomic E-state index is 0.522. The number of aromatic nitrogens is 3. The monoisotopic (exact) mass is 381 g/mol. The van der Waals surface area contributed by atoms with E-state index in [1.807, 2.05) is 36.4 Å². The Bertz CT molecular complexity index is 833. The fourth-order valence-electron chi connectivity index (χ4n) is 2.47. The second-order valence-electron chi connectivity index (χ2n) is 6.08. The molecule has 3 aromatic rings. The maximum absolute atomic E-state index is 5.76. The van der Waals surface area contributed by atoms with E-state index in [1.165, 1.54) is 37.0 Å². The van der Waals surface area contributed by atoms with Gasteiger partial charge < -0.3 is 4.74 Å². The molecule has 6 nitrogen and oxygen atoms in total. The minimum atomic E-state index is 0.522. The van der Waals surface area contributed by atoms with Crippen molar-refractivity contribution in [1.29, 1.82) is 0 Å². The molecule has 0 saturated heterocycles. The summed E-state index contributed by atoms with van der Waals surface area (Å²) in [5.41, 5.74) is 1.73. The van der Waals surface area contributed by atoms with E-state index in [0.29, 0.717) is 5.13 Å². The number of benzene rings is 1. The molecule has 1 aromatic carbocycles. The Morgan fingerprint density at radius 2 is 1.67 bits per heavy atom. The fourth-order valence-corrected chi connectivity index (χ4v) is 3.14. The van der Waals surface area contributed by atoms with Crippen LogP contribution >= 0.6 is 11.3 Å². The lowest BCUT2D eigenvalue weighted by Gasteiger charge is -2.05. The quantitative estimate of drug-likeness (QED) is 0.302. The molecule has 0 unspecified atom stereocenters. The van der Waals surface area contributed by atoms with E-state index in [-0.39, 0.29) is 0 Å². The van der Waals surface area contributed by atoms with Gasteiger partial charge in [0, 0.05) is 18.0 Å². The van der Waals surface area contributed by atoms with Crippen LogP contribution in [0.1, 0.15) is 39.0 Å². The number of azo groups is 1. The van der Waals surface area contributed by atoms with Crippen LogP contribution in [0.15, 0.2) is 59.0 Å². The number of rotatable bonds is 10. The van der Waals surface area contributed by atoms with E-state index >= 15 is 0 Å². The zero-order chi connectivity index (χ0) is 18.7. The Balaban J connectivity index is 1.49. The molecular formula is C20H23N5OS. The summed E-state index contributed by atoms with van der Waals surface area (Å²) in [5.74, 6) is 0.861. The van der Waals surface area contributed by atoms with Crippen LogP contribution < -0.4 is 4.74 Å². The molecule has 0 aliphatic heterocycles. The number of unbranched alkanes of at least 4 members (excludes halogenated alkanes) is 4. The molecular weight excluding hydrogens is 358 g/mol. The topological polar surface area (TPSA) is 72.6 Å². The molecule has 0 N–H and O–H groups in total. The number of ether oxygens (including phenoxy) is 1. The van der Waals surface area contributed by atoms with Gasteiger partial charge >= 0.3 is 0 Å². The van der Waals surface area contributed by atoms with E-state index in [1.54, 1.807) is 12.4 Å². The van der Waals surface area contributed by atoms with Crippen LogP contribution in [0.5, 0.6) is 5.75 Å². The highest BCUT2D eigenvalue weighted by Crippen LogP contribution is 2.29. The van der Waals surface area contributed by atoms with Gasteiger partial charge in [-0.2, -0.15) is 0 Å². The third-order valence-corrected chi connectivity index (χ3v) is 4.80. The van der Waals surface area contributed by atoms with Crippen LogP contribution in [0.3, 0.4) is 0 Å². The van der Waals surface area contributed by atoms with Gasteiger partial charge in [0.1, 0.15) is 10.8 Å². The fraction of sp³-hybridized carbons (Fsp3) is 0.350. The molecule has 0 aliphatic carbocycles. The summed E-state index contributed by atoms with van der Waals surface area (Å²) in [6, 6.07) is 11.4. The van der Waals surface area contributed by atoms with Gasteiger partial charge in [-0.25, -0.2) is 0 Å². The van der Waals surface area contributed by atoms with Crippen LogP contribution in [0.2, 0.25) is 0 Å². The Labute approximate surface area is 163 Å². The molecule has 27 heavy (non-hydrogen) atoms. The van der Waals surface area contributed by atoms with Crippen molar-refractivity contribution in [2.24, 2.45) is 10.2 Å². The van der Waals surface area contributed by atoms with Crippen LogP contribution in [-0.2, 0) is 0 Å². The highest BCUT2D eigenvalue weighted by atomic mass is 32.1. The van der Waals surface area contributed by atoms with Crippen LogP contribution in [0.4, 0.5) is 10.8 Å². The Morgan fingerprint density at radius 1 is 0.889 bits per heavy atom. The van der Waals surface area contributed by atoms with Gasteiger partial charge in [-0.3, -0.25) is 4.98 Å².